The molecule has 8 atom stereocenters. The summed E-state index contributed by atoms with van der Waals surface area (Å²) in [6, 6.07) is 6.35. The fraction of sp³-hybridized carbons (Fsp3) is 0.524. The van der Waals surface area contributed by atoms with Crippen LogP contribution in [0.4, 0.5) is 9.59 Å². The molecule has 2 saturated carbocycles. The first-order valence-corrected chi connectivity index (χ1v) is 20.3. The fourth-order valence-corrected chi connectivity index (χ4v) is 9.72. The smallest absolute Gasteiger partial charge is 0.407 e. The monoisotopic (exact) mass is 792 g/mol. The van der Waals surface area contributed by atoms with E-state index in [4.69, 9.17) is 19.4 Å². The van der Waals surface area contributed by atoms with Gasteiger partial charge in [-0.05, 0) is 67.8 Å². The summed E-state index contributed by atoms with van der Waals surface area (Å²) in [6.07, 6.45) is 11.6. The van der Waals surface area contributed by atoms with Crippen LogP contribution in [-0.4, -0.2) is 102 Å². The highest BCUT2D eigenvalue weighted by atomic mass is 16.5. The Hall–Kier alpha value is -5.80. The first kappa shape index (κ1) is 39.0. The molecule has 4 fully saturated rings. The molecule has 0 spiro atoms. The topological polar surface area (TPSA) is 200 Å². The van der Waals surface area contributed by atoms with Crippen LogP contribution in [0.15, 0.2) is 49.1 Å². The molecule has 1 aromatic carbocycles. The highest BCUT2D eigenvalue weighted by Crippen LogP contribution is 2.51. The molecule has 8 rings (SSSR count). The van der Waals surface area contributed by atoms with Crippen molar-refractivity contribution in [2.24, 2.45) is 23.7 Å². The molecule has 4 amide bonds. The van der Waals surface area contributed by atoms with Crippen LogP contribution in [0.1, 0.15) is 90.0 Å². The zero-order valence-electron chi connectivity index (χ0n) is 33.8. The molecule has 0 radical (unpaired) electrons. The molecule has 306 valence electrons. The summed E-state index contributed by atoms with van der Waals surface area (Å²) in [5.41, 5.74) is 4.15. The second-order valence-corrected chi connectivity index (χ2v) is 16.8. The molecule has 4 bridgehead atoms. The number of likely N-dealkylation sites (tertiary alicyclic amines) is 2. The first-order valence-electron chi connectivity index (χ1n) is 20.3. The van der Waals surface area contributed by atoms with E-state index in [1.807, 2.05) is 68.0 Å². The van der Waals surface area contributed by atoms with Gasteiger partial charge >= 0.3 is 12.2 Å². The number of carbonyl (C=O) groups excluding carboxylic acids is 4. The Morgan fingerprint density at radius 1 is 0.621 bits per heavy atom. The number of imidazole rings is 2. The number of aromatic nitrogens is 6. The molecule has 2 aliphatic carbocycles. The van der Waals surface area contributed by atoms with Crippen molar-refractivity contribution < 1.29 is 28.7 Å². The Balaban J connectivity index is 0.951. The van der Waals surface area contributed by atoms with Crippen molar-refractivity contribution in [1.82, 2.24) is 50.3 Å². The number of nitrogens with zero attached hydrogens (tertiary/aromatic N) is 6. The zero-order chi connectivity index (χ0) is 40.8. The van der Waals surface area contributed by atoms with Gasteiger partial charge in [-0.15, -0.1) is 0 Å². The predicted octanol–water partition coefficient (Wildman–Crippen LogP) is 5.79. The maximum Gasteiger partial charge on any atom is 0.407 e. The Labute approximate surface area is 337 Å². The summed E-state index contributed by atoms with van der Waals surface area (Å²) in [7, 11) is 2.60. The second kappa shape index (κ2) is 15.9. The molecule has 5 heterocycles. The Kier molecular flexibility index (Phi) is 10.7. The van der Waals surface area contributed by atoms with E-state index in [1.165, 1.54) is 14.2 Å². The molecule has 2 aliphatic heterocycles. The first-order chi connectivity index (χ1) is 27.9. The lowest BCUT2D eigenvalue weighted by atomic mass is 9.95. The summed E-state index contributed by atoms with van der Waals surface area (Å²) in [4.78, 5) is 81.7. The van der Waals surface area contributed by atoms with Gasteiger partial charge in [0.2, 0.25) is 11.8 Å². The van der Waals surface area contributed by atoms with Crippen LogP contribution in [0.25, 0.3) is 33.9 Å². The summed E-state index contributed by atoms with van der Waals surface area (Å²) in [6.45, 7) is 7.66. The van der Waals surface area contributed by atoms with Crippen molar-refractivity contribution >= 4 is 24.0 Å². The maximum absolute atomic E-state index is 13.9. The number of methoxy groups -OCH3 is 2. The van der Waals surface area contributed by atoms with Gasteiger partial charge in [-0.3, -0.25) is 9.59 Å². The quantitative estimate of drug-likeness (QED) is 0.144. The third-order valence-electron chi connectivity index (χ3n) is 12.6. The van der Waals surface area contributed by atoms with Crippen LogP contribution in [0, 0.1) is 23.7 Å². The van der Waals surface area contributed by atoms with Gasteiger partial charge in [0, 0.05) is 35.6 Å². The average Bonchev–Trinajstić information content (AvgIpc) is 4.10. The molecule has 3 aromatic heterocycles. The van der Waals surface area contributed by atoms with Gasteiger partial charge < -0.3 is 39.9 Å². The molecule has 4 aromatic rings. The van der Waals surface area contributed by atoms with Crippen LogP contribution < -0.4 is 10.6 Å². The van der Waals surface area contributed by atoms with Crippen LogP contribution in [0.2, 0.25) is 0 Å². The van der Waals surface area contributed by atoms with Crippen LogP contribution in [0.3, 0.4) is 0 Å². The largest absolute Gasteiger partial charge is 0.453 e. The molecule has 16 nitrogen and oxygen atoms in total. The van der Waals surface area contributed by atoms with E-state index in [2.05, 4.69) is 30.6 Å². The average molecular weight is 793 g/mol. The van der Waals surface area contributed by atoms with Crippen molar-refractivity contribution in [2.75, 3.05) is 14.2 Å². The van der Waals surface area contributed by atoms with Gasteiger partial charge in [0.15, 0.2) is 5.82 Å². The van der Waals surface area contributed by atoms with Crippen molar-refractivity contribution in [2.45, 2.75) is 102 Å². The number of H-pyrrole nitrogens is 2. The van der Waals surface area contributed by atoms with Crippen molar-refractivity contribution in [1.29, 1.82) is 0 Å². The highest BCUT2D eigenvalue weighted by Gasteiger charge is 2.53. The zero-order valence-corrected chi connectivity index (χ0v) is 33.8. The Morgan fingerprint density at radius 2 is 1.05 bits per heavy atom. The number of alkyl carbamates (subject to hydrolysis) is 2. The number of fused-ring (bicyclic) bond motifs is 4. The van der Waals surface area contributed by atoms with E-state index in [0.29, 0.717) is 17.6 Å². The lowest BCUT2D eigenvalue weighted by Crippen LogP contribution is -2.54. The Bertz CT molecular complexity index is 2000. The van der Waals surface area contributed by atoms with Gasteiger partial charge in [-0.1, -0.05) is 52.0 Å². The minimum atomic E-state index is -0.701. The number of amides is 4. The molecule has 0 unspecified atom stereocenters. The maximum atomic E-state index is 13.9. The third-order valence-corrected chi connectivity index (χ3v) is 12.6. The van der Waals surface area contributed by atoms with Crippen molar-refractivity contribution in [3.05, 3.63) is 60.7 Å². The van der Waals surface area contributed by atoms with Gasteiger partial charge in [0.25, 0.3) is 0 Å². The highest BCUT2D eigenvalue weighted by molar-refractivity contribution is 5.88. The summed E-state index contributed by atoms with van der Waals surface area (Å²) >= 11 is 0. The lowest BCUT2D eigenvalue weighted by Gasteiger charge is -2.37. The third kappa shape index (κ3) is 7.17. The fourth-order valence-electron chi connectivity index (χ4n) is 9.72. The summed E-state index contributed by atoms with van der Waals surface area (Å²) in [5, 5.41) is 5.48. The minimum Gasteiger partial charge on any atom is -0.453 e. The van der Waals surface area contributed by atoms with E-state index in [9.17, 15) is 19.2 Å². The number of hydrogen-bond acceptors (Lipinski definition) is 10. The standard InChI is InChI=1S/C42H52N10O6/c1-21(2)32(49-41(55)57-5)39(53)51-28-13-11-25(15-28)34(51)37-45-19-30(47-37)23-7-9-24(10-8-23)36-43-17-27(18-44-36)31-20-46-38(48-31)35-26-12-14-29(16-26)52(35)40(54)33(22(3)4)50-42(56)58-6/h7-10,17-22,25-26,28-29,32-35H,11-16H2,1-6H3,(H,45,47)(H,46,48)(H,49,55)(H,50,56)/t25-,26-,28-,29-,32+,33+,34+,35+/m1/s1. The number of benzene rings is 1. The summed E-state index contributed by atoms with van der Waals surface area (Å²) in [5.74, 6) is 2.16. The second-order valence-electron chi connectivity index (χ2n) is 16.8. The number of piperidine rings is 2. The van der Waals surface area contributed by atoms with Crippen molar-refractivity contribution in [3.8, 4) is 33.9 Å². The van der Waals surface area contributed by atoms with E-state index in [-0.39, 0.29) is 53.7 Å². The molecule has 4 N–H and O–H groups in total. The van der Waals surface area contributed by atoms with Gasteiger partial charge in [-0.2, -0.15) is 0 Å². The van der Waals surface area contributed by atoms with Crippen molar-refractivity contribution in [3.63, 3.8) is 0 Å². The number of hydrogen-bond donors (Lipinski definition) is 4. The van der Waals surface area contributed by atoms with Gasteiger partial charge in [0.05, 0.1) is 50.1 Å². The number of ether oxygens (including phenoxy) is 2. The van der Waals surface area contributed by atoms with Crippen LogP contribution >= 0.6 is 0 Å². The number of rotatable bonds is 11. The van der Waals surface area contributed by atoms with Gasteiger partial charge in [-0.25, -0.2) is 29.5 Å². The molecule has 4 aliphatic rings. The SMILES string of the molecule is COC(=O)N[C@H](C(=O)N1[C@@H]2CC[C@H](C2)[C@H]1c1ncc(-c2ccc(-c3ncc(-c4cnc([C@@H]5[C@@H]6CC[C@H](C6)N5C(=O)[C@@H](NC(=O)OC)C(C)C)[nH]4)cn3)cc2)[nH]1)C(C)C. The van der Waals surface area contributed by atoms with Crippen LogP contribution in [-0.2, 0) is 19.1 Å². The molecular weight excluding hydrogens is 741 g/mol. The lowest BCUT2D eigenvalue weighted by molar-refractivity contribution is -0.140. The minimum absolute atomic E-state index is 0.102. The summed E-state index contributed by atoms with van der Waals surface area (Å²) < 4.78 is 9.62. The molecular formula is C42H52N10O6. The number of nitrogens with one attached hydrogen (secondary N) is 4. The van der Waals surface area contributed by atoms with Crippen LogP contribution in [0.5, 0.6) is 0 Å². The number of aromatic amines is 2. The molecule has 2 saturated heterocycles. The predicted molar refractivity (Wildman–Crippen MR) is 212 cm³/mol. The van der Waals surface area contributed by atoms with E-state index in [1.54, 1.807) is 18.6 Å². The molecule has 58 heavy (non-hydrogen) atoms. The normalized spacial score (nSPS) is 24.3. The number of carbonyl (C=O) groups is 4. The van der Waals surface area contributed by atoms with E-state index >= 15 is 0 Å². The Morgan fingerprint density at radius 3 is 1.48 bits per heavy atom. The van der Waals surface area contributed by atoms with E-state index in [0.717, 1.165) is 72.4 Å². The van der Waals surface area contributed by atoms with E-state index < -0.39 is 24.3 Å². The van der Waals surface area contributed by atoms with Gasteiger partial charge in [0.1, 0.15) is 23.7 Å². The molecule has 16 heteroatoms.